The highest BCUT2D eigenvalue weighted by molar-refractivity contribution is 7.18. The van der Waals surface area contributed by atoms with Gasteiger partial charge in [0.15, 0.2) is 0 Å². The number of thiophene rings is 2. The lowest BCUT2D eigenvalue weighted by Gasteiger charge is -2.13. The first-order valence-electron chi connectivity index (χ1n) is 6.43. The molecule has 1 unspecified atom stereocenters. The van der Waals surface area contributed by atoms with Gasteiger partial charge in [-0.05, 0) is 42.5 Å². The fourth-order valence-electron chi connectivity index (χ4n) is 2.04. The highest BCUT2D eigenvalue weighted by Gasteiger charge is 2.13. The van der Waals surface area contributed by atoms with E-state index in [4.69, 9.17) is 11.6 Å². The topological polar surface area (TPSA) is 37.8 Å². The van der Waals surface area contributed by atoms with Crippen LogP contribution in [0.1, 0.15) is 29.6 Å². The summed E-state index contributed by atoms with van der Waals surface area (Å²) in [5.74, 6) is 0.817. The monoisotopic (exact) mass is 323 g/mol. The van der Waals surface area contributed by atoms with Crippen LogP contribution < -0.4 is 5.32 Å². The molecule has 3 rings (SSSR count). The van der Waals surface area contributed by atoms with Crippen molar-refractivity contribution in [2.45, 2.75) is 26.3 Å². The van der Waals surface area contributed by atoms with E-state index in [1.165, 1.54) is 9.75 Å². The SMILES string of the molecule is CCc1cc2c(NC(C)c3cccs3)nc(Cl)nc2s1. The van der Waals surface area contributed by atoms with Gasteiger partial charge < -0.3 is 5.32 Å². The predicted octanol–water partition coefficient (Wildman–Crippen LogP) is 5.14. The lowest BCUT2D eigenvalue weighted by atomic mass is 10.2. The molecule has 0 radical (unpaired) electrons. The number of aromatic nitrogens is 2. The molecular weight excluding hydrogens is 310 g/mol. The first-order valence-corrected chi connectivity index (χ1v) is 8.50. The van der Waals surface area contributed by atoms with Crippen LogP contribution in [0.3, 0.4) is 0 Å². The zero-order chi connectivity index (χ0) is 14.1. The van der Waals surface area contributed by atoms with Crippen LogP contribution in [-0.4, -0.2) is 9.97 Å². The Labute approximate surface area is 130 Å². The fourth-order valence-corrected chi connectivity index (χ4v) is 3.96. The van der Waals surface area contributed by atoms with E-state index in [0.29, 0.717) is 5.28 Å². The third-order valence-corrected chi connectivity index (χ3v) is 5.49. The van der Waals surface area contributed by atoms with Gasteiger partial charge in [-0.3, -0.25) is 0 Å². The second kappa shape index (κ2) is 5.68. The Hall–Kier alpha value is -1.17. The Balaban J connectivity index is 1.99. The van der Waals surface area contributed by atoms with Crippen molar-refractivity contribution in [1.82, 2.24) is 9.97 Å². The van der Waals surface area contributed by atoms with Gasteiger partial charge in [-0.2, -0.15) is 0 Å². The maximum Gasteiger partial charge on any atom is 0.225 e. The number of halogens is 1. The van der Waals surface area contributed by atoms with Crippen LogP contribution in [0.4, 0.5) is 5.82 Å². The lowest BCUT2D eigenvalue weighted by molar-refractivity contribution is 0.898. The number of rotatable bonds is 4. The number of hydrogen-bond donors (Lipinski definition) is 1. The molecule has 0 amide bonds. The summed E-state index contributed by atoms with van der Waals surface area (Å²) in [6.07, 6.45) is 0.999. The summed E-state index contributed by atoms with van der Waals surface area (Å²) < 4.78 is 0. The Kier molecular flexibility index (Phi) is 3.92. The minimum atomic E-state index is 0.203. The molecule has 3 heterocycles. The van der Waals surface area contributed by atoms with Crippen LogP contribution in [0.5, 0.6) is 0 Å². The van der Waals surface area contributed by atoms with E-state index in [-0.39, 0.29) is 6.04 Å². The van der Waals surface area contributed by atoms with Gasteiger partial charge in [0.1, 0.15) is 10.6 Å². The Morgan fingerprint density at radius 1 is 1.40 bits per heavy atom. The Morgan fingerprint density at radius 2 is 2.25 bits per heavy atom. The molecule has 3 aromatic rings. The van der Waals surface area contributed by atoms with E-state index in [9.17, 15) is 0 Å². The number of nitrogens with zero attached hydrogens (tertiary/aromatic N) is 2. The molecule has 3 aromatic heterocycles. The van der Waals surface area contributed by atoms with Crippen LogP contribution in [0.2, 0.25) is 5.28 Å². The average molecular weight is 324 g/mol. The van der Waals surface area contributed by atoms with Gasteiger partial charge in [-0.25, -0.2) is 9.97 Å². The third kappa shape index (κ3) is 2.66. The summed E-state index contributed by atoms with van der Waals surface area (Å²) in [6, 6.07) is 6.53. The van der Waals surface area contributed by atoms with E-state index in [1.54, 1.807) is 22.7 Å². The molecule has 0 aliphatic carbocycles. The second-order valence-corrected chi connectivity index (χ2v) is 6.94. The zero-order valence-corrected chi connectivity index (χ0v) is 13.6. The van der Waals surface area contributed by atoms with Gasteiger partial charge in [-0.1, -0.05) is 13.0 Å². The molecule has 0 bridgehead atoms. The van der Waals surface area contributed by atoms with Crippen LogP contribution in [0, 0.1) is 0 Å². The number of hydrogen-bond acceptors (Lipinski definition) is 5. The minimum Gasteiger partial charge on any atom is -0.362 e. The van der Waals surface area contributed by atoms with E-state index in [2.05, 4.69) is 52.7 Å². The van der Waals surface area contributed by atoms with E-state index >= 15 is 0 Å². The summed E-state index contributed by atoms with van der Waals surface area (Å²) in [5, 5.41) is 6.88. The molecule has 0 aliphatic rings. The van der Waals surface area contributed by atoms with Crippen LogP contribution in [0.25, 0.3) is 10.2 Å². The first-order chi connectivity index (χ1) is 9.67. The van der Waals surface area contributed by atoms with Gasteiger partial charge in [0.25, 0.3) is 0 Å². The van der Waals surface area contributed by atoms with E-state index < -0.39 is 0 Å². The summed E-state index contributed by atoms with van der Waals surface area (Å²) in [7, 11) is 0. The molecular formula is C14H14ClN3S2. The van der Waals surface area contributed by atoms with Gasteiger partial charge in [0.2, 0.25) is 5.28 Å². The van der Waals surface area contributed by atoms with E-state index in [1.807, 2.05) is 0 Å². The zero-order valence-electron chi connectivity index (χ0n) is 11.2. The van der Waals surface area contributed by atoms with Crippen molar-refractivity contribution in [2.75, 3.05) is 5.32 Å². The van der Waals surface area contributed by atoms with Gasteiger partial charge in [0, 0.05) is 9.75 Å². The molecule has 6 heteroatoms. The average Bonchev–Trinajstić information content (AvgIpc) is 3.07. The minimum absolute atomic E-state index is 0.203. The number of nitrogens with one attached hydrogen (secondary N) is 1. The number of anilines is 1. The van der Waals surface area contributed by atoms with Gasteiger partial charge >= 0.3 is 0 Å². The standard InChI is InChI=1S/C14H14ClN3S2/c1-3-9-7-10-12(17-14(15)18-13(10)20-9)16-8(2)11-5-4-6-19-11/h4-8H,3H2,1-2H3,(H,16,17,18). The quantitative estimate of drug-likeness (QED) is 0.675. The lowest BCUT2D eigenvalue weighted by Crippen LogP contribution is -2.07. The molecule has 20 heavy (non-hydrogen) atoms. The van der Waals surface area contributed by atoms with Crippen molar-refractivity contribution < 1.29 is 0 Å². The number of fused-ring (bicyclic) bond motifs is 1. The molecule has 0 aromatic carbocycles. The van der Waals surface area contributed by atoms with Crippen molar-refractivity contribution in [3.63, 3.8) is 0 Å². The van der Waals surface area contributed by atoms with Crippen molar-refractivity contribution in [3.05, 3.63) is 38.6 Å². The summed E-state index contributed by atoms with van der Waals surface area (Å²) >= 11 is 9.44. The van der Waals surface area contributed by atoms with Gasteiger partial charge in [-0.15, -0.1) is 22.7 Å². The molecule has 0 saturated heterocycles. The molecule has 3 nitrogen and oxygen atoms in total. The van der Waals surface area contributed by atoms with Crippen LogP contribution >= 0.6 is 34.3 Å². The summed E-state index contributed by atoms with van der Waals surface area (Å²) in [6.45, 7) is 4.27. The first kappa shape index (κ1) is 13.8. The molecule has 1 N–H and O–H groups in total. The number of aryl methyl sites for hydroxylation is 1. The molecule has 0 fully saturated rings. The summed E-state index contributed by atoms with van der Waals surface area (Å²) in [5.41, 5.74) is 0. The predicted molar refractivity (Wildman–Crippen MR) is 88.2 cm³/mol. The van der Waals surface area contributed by atoms with Crippen LogP contribution in [-0.2, 0) is 6.42 Å². The normalized spacial score (nSPS) is 12.8. The Bertz CT molecular complexity index is 721. The second-order valence-electron chi connectivity index (χ2n) is 4.51. The Morgan fingerprint density at radius 3 is 2.95 bits per heavy atom. The van der Waals surface area contributed by atoms with Crippen molar-refractivity contribution in [3.8, 4) is 0 Å². The smallest absolute Gasteiger partial charge is 0.225 e. The van der Waals surface area contributed by atoms with Crippen molar-refractivity contribution in [1.29, 1.82) is 0 Å². The third-order valence-electron chi connectivity index (χ3n) is 3.09. The molecule has 1 atom stereocenters. The maximum atomic E-state index is 6.03. The molecule has 0 aliphatic heterocycles. The fraction of sp³-hybridized carbons (Fsp3) is 0.286. The van der Waals surface area contributed by atoms with Crippen molar-refractivity contribution in [2.24, 2.45) is 0 Å². The van der Waals surface area contributed by atoms with Crippen molar-refractivity contribution >= 4 is 50.3 Å². The maximum absolute atomic E-state index is 6.03. The molecule has 0 spiro atoms. The largest absolute Gasteiger partial charge is 0.362 e. The molecule has 0 saturated carbocycles. The summed E-state index contributed by atoms with van der Waals surface area (Å²) in [4.78, 5) is 12.2. The highest BCUT2D eigenvalue weighted by Crippen LogP contribution is 2.32. The van der Waals surface area contributed by atoms with Gasteiger partial charge in [0.05, 0.1) is 11.4 Å². The highest BCUT2D eigenvalue weighted by atomic mass is 35.5. The molecule has 104 valence electrons. The van der Waals surface area contributed by atoms with Crippen LogP contribution in [0.15, 0.2) is 23.6 Å². The van der Waals surface area contributed by atoms with E-state index in [0.717, 1.165) is 22.5 Å².